The first-order chi connectivity index (χ1) is 9.17. The van der Waals surface area contributed by atoms with Gasteiger partial charge in [-0.15, -0.1) is 0 Å². The average molecular weight is 262 g/mol. The van der Waals surface area contributed by atoms with E-state index in [4.69, 9.17) is 9.47 Å². The van der Waals surface area contributed by atoms with E-state index in [0.717, 1.165) is 29.9 Å². The van der Waals surface area contributed by atoms with Gasteiger partial charge in [0.05, 0.1) is 13.7 Å². The molecule has 0 N–H and O–H groups in total. The van der Waals surface area contributed by atoms with Crippen molar-refractivity contribution in [2.75, 3.05) is 13.7 Å². The van der Waals surface area contributed by atoms with Gasteiger partial charge in [-0.1, -0.05) is 18.2 Å². The molecule has 104 valence electrons. The molecular weight excluding hydrogens is 240 g/mol. The quantitative estimate of drug-likeness (QED) is 0.667. The Kier molecular flexibility index (Phi) is 6.72. The summed E-state index contributed by atoms with van der Waals surface area (Å²) in [6, 6.07) is 5.86. The maximum absolute atomic E-state index is 10.8. The molecule has 19 heavy (non-hydrogen) atoms. The van der Waals surface area contributed by atoms with Crippen molar-refractivity contribution in [2.45, 2.75) is 33.1 Å². The monoisotopic (exact) mass is 262 g/mol. The molecular formula is C16H22O3. The number of allylic oxidation sites excluding steroid dienone is 1. The van der Waals surface area contributed by atoms with Crippen LogP contribution in [-0.4, -0.2) is 19.5 Å². The van der Waals surface area contributed by atoms with Crippen molar-refractivity contribution in [1.29, 1.82) is 0 Å². The predicted octanol–water partition coefficient (Wildman–Crippen LogP) is 3.87. The Labute approximate surface area is 115 Å². The van der Waals surface area contributed by atoms with Gasteiger partial charge in [0, 0.05) is 6.42 Å². The van der Waals surface area contributed by atoms with Gasteiger partial charge in [0.2, 0.25) is 0 Å². The molecule has 3 nitrogen and oxygen atoms in total. The van der Waals surface area contributed by atoms with Gasteiger partial charge in [-0.05, 0) is 44.4 Å². The van der Waals surface area contributed by atoms with E-state index >= 15 is 0 Å². The van der Waals surface area contributed by atoms with Gasteiger partial charge in [-0.3, -0.25) is 0 Å². The van der Waals surface area contributed by atoms with Gasteiger partial charge in [0.1, 0.15) is 5.78 Å². The molecule has 0 atom stereocenters. The van der Waals surface area contributed by atoms with Crippen LogP contribution in [0.1, 0.15) is 38.7 Å². The molecule has 0 saturated heterocycles. The average Bonchev–Trinajstić information content (AvgIpc) is 2.39. The number of carbonyl (C=O) groups excluding carboxylic acids is 1. The minimum absolute atomic E-state index is 0.230. The number of unbranched alkanes of at least 4 members (excludes halogenated alkanes) is 1. The van der Waals surface area contributed by atoms with Crippen molar-refractivity contribution in [3.8, 4) is 11.5 Å². The highest BCUT2D eigenvalue weighted by atomic mass is 16.5. The third-order valence-corrected chi connectivity index (χ3v) is 2.73. The molecule has 0 aromatic heterocycles. The van der Waals surface area contributed by atoms with E-state index in [0.29, 0.717) is 13.0 Å². The number of Topliss-reactive ketones (excluding diaryl/α,β-unsaturated/α-hetero) is 1. The van der Waals surface area contributed by atoms with Crippen molar-refractivity contribution < 1.29 is 14.3 Å². The molecule has 0 aliphatic heterocycles. The topological polar surface area (TPSA) is 35.5 Å². The van der Waals surface area contributed by atoms with Crippen LogP contribution >= 0.6 is 0 Å². The standard InChI is InChI=1S/C16H22O3/c1-4-7-14-9-10-15(16(12-14)18-3)19-11-6-5-8-13(2)17/h4,7,9-10,12H,5-6,8,11H2,1-3H3. The number of rotatable bonds is 8. The lowest BCUT2D eigenvalue weighted by Gasteiger charge is -2.11. The maximum atomic E-state index is 10.8. The third-order valence-electron chi connectivity index (χ3n) is 2.73. The highest BCUT2D eigenvalue weighted by molar-refractivity contribution is 5.75. The SMILES string of the molecule is CC=Cc1ccc(OCCCCC(C)=O)c(OC)c1. The van der Waals surface area contributed by atoms with E-state index < -0.39 is 0 Å². The second-order valence-electron chi connectivity index (χ2n) is 4.42. The number of hydrogen-bond donors (Lipinski definition) is 0. The minimum atomic E-state index is 0.230. The highest BCUT2D eigenvalue weighted by Crippen LogP contribution is 2.28. The van der Waals surface area contributed by atoms with E-state index in [2.05, 4.69) is 0 Å². The van der Waals surface area contributed by atoms with Crippen molar-refractivity contribution in [3.63, 3.8) is 0 Å². The summed E-state index contributed by atoms with van der Waals surface area (Å²) in [7, 11) is 1.64. The van der Waals surface area contributed by atoms with Gasteiger partial charge < -0.3 is 14.3 Å². The Hall–Kier alpha value is -1.77. The largest absolute Gasteiger partial charge is 0.493 e. The highest BCUT2D eigenvalue weighted by Gasteiger charge is 2.04. The van der Waals surface area contributed by atoms with Crippen LogP contribution in [0.15, 0.2) is 24.3 Å². The van der Waals surface area contributed by atoms with Crippen LogP contribution in [0.4, 0.5) is 0 Å². The zero-order valence-corrected chi connectivity index (χ0v) is 11.9. The molecule has 1 rings (SSSR count). The summed E-state index contributed by atoms with van der Waals surface area (Å²) < 4.78 is 11.0. The second-order valence-corrected chi connectivity index (χ2v) is 4.42. The molecule has 0 heterocycles. The minimum Gasteiger partial charge on any atom is -0.493 e. The zero-order chi connectivity index (χ0) is 14.1. The Morgan fingerprint density at radius 3 is 2.68 bits per heavy atom. The van der Waals surface area contributed by atoms with Crippen LogP contribution < -0.4 is 9.47 Å². The Morgan fingerprint density at radius 1 is 1.26 bits per heavy atom. The third kappa shape index (κ3) is 5.60. The Balaban J connectivity index is 2.51. The van der Waals surface area contributed by atoms with Crippen LogP contribution in [0, 0.1) is 0 Å². The number of methoxy groups -OCH3 is 1. The Morgan fingerprint density at radius 2 is 2.05 bits per heavy atom. The van der Waals surface area contributed by atoms with E-state index in [9.17, 15) is 4.79 Å². The van der Waals surface area contributed by atoms with E-state index in [-0.39, 0.29) is 5.78 Å². The molecule has 0 unspecified atom stereocenters. The van der Waals surface area contributed by atoms with E-state index in [1.807, 2.05) is 37.3 Å². The molecule has 3 heteroatoms. The van der Waals surface area contributed by atoms with Gasteiger partial charge in [-0.25, -0.2) is 0 Å². The molecule has 0 aliphatic rings. The van der Waals surface area contributed by atoms with Crippen LogP contribution in [0.2, 0.25) is 0 Å². The number of hydrogen-bond acceptors (Lipinski definition) is 3. The van der Waals surface area contributed by atoms with Crippen molar-refractivity contribution in [3.05, 3.63) is 29.8 Å². The molecule has 0 saturated carbocycles. The van der Waals surface area contributed by atoms with Gasteiger partial charge in [-0.2, -0.15) is 0 Å². The fourth-order valence-electron chi connectivity index (χ4n) is 1.76. The number of ether oxygens (including phenoxy) is 2. The lowest BCUT2D eigenvalue weighted by Crippen LogP contribution is -2.00. The normalized spacial score (nSPS) is 10.7. The summed E-state index contributed by atoms with van der Waals surface area (Å²) in [5.74, 6) is 1.72. The zero-order valence-electron chi connectivity index (χ0n) is 11.9. The van der Waals surface area contributed by atoms with Crippen LogP contribution in [0.3, 0.4) is 0 Å². The molecule has 1 aromatic rings. The summed E-state index contributed by atoms with van der Waals surface area (Å²) in [4.78, 5) is 10.8. The maximum Gasteiger partial charge on any atom is 0.161 e. The van der Waals surface area contributed by atoms with Gasteiger partial charge >= 0.3 is 0 Å². The van der Waals surface area contributed by atoms with E-state index in [1.54, 1.807) is 14.0 Å². The summed E-state index contributed by atoms with van der Waals surface area (Å²) in [6.07, 6.45) is 6.37. The fourth-order valence-corrected chi connectivity index (χ4v) is 1.76. The first-order valence-corrected chi connectivity index (χ1v) is 6.60. The number of ketones is 1. The second kappa shape index (κ2) is 8.35. The smallest absolute Gasteiger partial charge is 0.161 e. The van der Waals surface area contributed by atoms with Gasteiger partial charge in [0.15, 0.2) is 11.5 Å². The van der Waals surface area contributed by atoms with Crippen molar-refractivity contribution in [1.82, 2.24) is 0 Å². The molecule has 0 aliphatic carbocycles. The Bertz CT molecular complexity index is 436. The van der Waals surface area contributed by atoms with Crippen LogP contribution in [-0.2, 0) is 4.79 Å². The van der Waals surface area contributed by atoms with Crippen LogP contribution in [0.5, 0.6) is 11.5 Å². The summed E-state index contributed by atoms with van der Waals surface area (Å²) in [6.45, 7) is 4.20. The molecule has 0 fully saturated rings. The fraction of sp³-hybridized carbons (Fsp3) is 0.438. The number of benzene rings is 1. The lowest BCUT2D eigenvalue weighted by atomic mass is 10.2. The van der Waals surface area contributed by atoms with Crippen molar-refractivity contribution in [2.24, 2.45) is 0 Å². The molecule has 0 amide bonds. The molecule has 0 spiro atoms. The van der Waals surface area contributed by atoms with E-state index in [1.165, 1.54) is 0 Å². The predicted molar refractivity (Wildman–Crippen MR) is 77.7 cm³/mol. The summed E-state index contributed by atoms with van der Waals surface area (Å²) in [5.41, 5.74) is 1.09. The summed E-state index contributed by atoms with van der Waals surface area (Å²) in [5, 5.41) is 0. The van der Waals surface area contributed by atoms with Crippen LogP contribution in [0.25, 0.3) is 6.08 Å². The lowest BCUT2D eigenvalue weighted by molar-refractivity contribution is -0.117. The summed E-state index contributed by atoms with van der Waals surface area (Å²) >= 11 is 0. The first-order valence-electron chi connectivity index (χ1n) is 6.60. The molecule has 0 bridgehead atoms. The molecule has 0 radical (unpaired) electrons. The number of carbonyl (C=O) groups is 1. The van der Waals surface area contributed by atoms with Crippen molar-refractivity contribution >= 4 is 11.9 Å². The van der Waals surface area contributed by atoms with Gasteiger partial charge in [0.25, 0.3) is 0 Å². The first kappa shape index (κ1) is 15.3. The molecule has 1 aromatic carbocycles.